The molecule has 0 bridgehead atoms. The summed E-state index contributed by atoms with van der Waals surface area (Å²) in [6.45, 7) is 9.09. The molecule has 1 heterocycles. The molecule has 102 valence electrons. The zero-order valence-electron chi connectivity index (χ0n) is 11.4. The van der Waals surface area contributed by atoms with Gasteiger partial charge in [-0.15, -0.1) is 0 Å². The van der Waals surface area contributed by atoms with Gasteiger partial charge < -0.3 is 15.0 Å². The lowest BCUT2D eigenvalue weighted by Crippen LogP contribution is -2.38. The molecule has 1 rings (SSSR count). The summed E-state index contributed by atoms with van der Waals surface area (Å²) >= 11 is 2.05. The Morgan fingerprint density at radius 1 is 1.35 bits per heavy atom. The van der Waals surface area contributed by atoms with Crippen molar-refractivity contribution in [3.63, 3.8) is 0 Å². The molecule has 0 aromatic heterocycles. The van der Waals surface area contributed by atoms with Crippen LogP contribution in [0, 0.1) is 5.92 Å². The maximum absolute atomic E-state index is 5.03. The van der Waals surface area contributed by atoms with E-state index in [0.717, 1.165) is 19.1 Å². The first kappa shape index (κ1) is 15.3. The molecule has 1 aliphatic rings. The van der Waals surface area contributed by atoms with Crippen molar-refractivity contribution >= 4 is 11.8 Å². The molecule has 1 N–H and O–H groups in total. The minimum Gasteiger partial charge on any atom is -0.383 e. The molecule has 0 unspecified atom stereocenters. The molecule has 1 saturated heterocycles. The zero-order chi connectivity index (χ0) is 12.3. The Kier molecular flexibility index (Phi) is 9.16. The molecule has 1 fully saturated rings. The average molecular weight is 260 g/mol. The summed E-state index contributed by atoms with van der Waals surface area (Å²) < 4.78 is 5.03. The minimum atomic E-state index is 0.826. The molecule has 17 heavy (non-hydrogen) atoms. The molecule has 0 atom stereocenters. The van der Waals surface area contributed by atoms with Crippen LogP contribution >= 0.6 is 11.8 Å². The van der Waals surface area contributed by atoms with Gasteiger partial charge in [-0.2, -0.15) is 11.8 Å². The van der Waals surface area contributed by atoms with Crippen molar-refractivity contribution in [1.82, 2.24) is 10.2 Å². The van der Waals surface area contributed by atoms with Crippen molar-refractivity contribution < 1.29 is 4.74 Å². The van der Waals surface area contributed by atoms with Gasteiger partial charge in [0.15, 0.2) is 0 Å². The number of ether oxygens (including phenoxy) is 1. The third-order valence-electron chi connectivity index (χ3n) is 3.38. The number of nitrogens with zero attached hydrogens (tertiary/aromatic N) is 1. The number of piperidine rings is 1. The second kappa shape index (κ2) is 10.2. The summed E-state index contributed by atoms with van der Waals surface area (Å²) in [6, 6.07) is 0. The summed E-state index contributed by atoms with van der Waals surface area (Å²) in [4.78, 5) is 2.62. The number of methoxy groups -OCH3 is 1. The summed E-state index contributed by atoms with van der Waals surface area (Å²) in [7, 11) is 1.76. The van der Waals surface area contributed by atoms with Crippen LogP contribution in [0.15, 0.2) is 0 Å². The summed E-state index contributed by atoms with van der Waals surface area (Å²) in [5.74, 6) is 3.43. The number of likely N-dealkylation sites (tertiary alicyclic amines) is 1. The Hall–Kier alpha value is 0.230. The van der Waals surface area contributed by atoms with Gasteiger partial charge in [-0.3, -0.25) is 0 Å². The lowest BCUT2D eigenvalue weighted by molar-refractivity contribution is 0.178. The van der Waals surface area contributed by atoms with Crippen LogP contribution in [0.5, 0.6) is 0 Å². The fraction of sp³-hybridized carbons (Fsp3) is 1.00. The maximum Gasteiger partial charge on any atom is 0.0587 e. The van der Waals surface area contributed by atoms with E-state index in [4.69, 9.17) is 4.74 Å². The van der Waals surface area contributed by atoms with E-state index in [1.807, 2.05) is 0 Å². The molecule has 3 nitrogen and oxygen atoms in total. The highest BCUT2D eigenvalue weighted by atomic mass is 32.2. The molecule has 0 aliphatic carbocycles. The van der Waals surface area contributed by atoms with Crippen LogP contribution < -0.4 is 5.32 Å². The summed E-state index contributed by atoms with van der Waals surface area (Å²) in [6.07, 6.45) is 2.72. The highest BCUT2D eigenvalue weighted by molar-refractivity contribution is 7.99. The van der Waals surface area contributed by atoms with Crippen LogP contribution in [0.1, 0.15) is 19.8 Å². The highest BCUT2D eigenvalue weighted by Gasteiger charge is 2.18. The first-order chi connectivity index (χ1) is 8.36. The van der Waals surface area contributed by atoms with Crippen molar-refractivity contribution in [2.24, 2.45) is 5.92 Å². The number of thioether (sulfide) groups is 1. The van der Waals surface area contributed by atoms with E-state index in [-0.39, 0.29) is 0 Å². The van der Waals surface area contributed by atoms with Crippen molar-refractivity contribution in [2.45, 2.75) is 19.8 Å². The average Bonchev–Trinajstić information content (AvgIpc) is 2.37. The van der Waals surface area contributed by atoms with E-state index in [2.05, 4.69) is 28.9 Å². The molecule has 0 amide bonds. The third kappa shape index (κ3) is 7.29. The molecule has 0 aromatic rings. The Morgan fingerprint density at radius 3 is 2.76 bits per heavy atom. The van der Waals surface area contributed by atoms with Gasteiger partial charge in [-0.1, -0.05) is 6.92 Å². The maximum atomic E-state index is 5.03. The molecule has 0 radical (unpaired) electrons. The Labute approximate surface area is 111 Å². The van der Waals surface area contributed by atoms with Gasteiger partial charge in [0.25, 0.3) is 0 Å². The lowest BCUT2D eigenvalue weighted by Gasteiger charge is -2.31. The largest absolute Gasteiger partial charge is 0.383 e. The third-order valence-corrected chi connectivity index (χ3v) is 4.26. The first-order valence-electron chi connectivity index (χ1n) is 6.86. The Balaban J connectivity index is 1.97. The highest BCUT2D eigenvalue weighted by Crippen LogP contribution is 2.16. The molecule has 0 aromatic carbocycles. The Bertz CT molecular complexity index is 173. The standard InChI is InChI=1S/C13H28N2OS/c1-3-17-11-9-15-7-4-13(5-8-15)12-14-6-10-16-2/h13-14H,3-12H2,1-2H3. The molecule has 0 saturated carbocycles. The Morgan fingerprint density at radius 2 is 2.12 bits per heavy atom. The van der Waals surface area contributed by atoms with E-state index >= 15 is 0 Å². The topological polar surface area (TPSA) is 24.5 Å². The molecule has 0 spiro atoms. The number of hydrogen-bond acceptors (Lipinski definition) is 4. The van der Waals surface area contributed by atoms with Crippen LogP contribution in [0.2, 0.25) is 0 Å². The van der Waals surface area contributed by atoms with E-state index in [9.17, 15) is 0 Å². The van der Waals surface area contributed by atoms with Crippen molar-refractivity contribution in [1.29, 1.82) is 0 Å². The van der Waals surface area contributed by atoms with Gasteiger partial charge in [-0.05, 0) is 44.1 Å². The normalized spacial score (nSPS) is 18.7. The molecule has 1 aliphatic heterocycles. The van der Waals surface area contributed by atoms with Gasteiger partial charge in [0, 0.05) is 26.0 Å². The van der Waals surface area contributed by atoms with E-state index in [1.165, 1.54) is 50.5 Å². The van der Waals surface area contributed by atoms with Gasteiger partial charge in [0.2, 0.25) is 0 Å². The van der Waals surface area contributed by atoms with Crippen LogP contribution in [-0.4, -0.2) is 62.8 Å². The van der Waals surface area contributed by atoms with Crippen LogP contribution in [0.4, 0.5) is 0 Å². The summed E-state index contributed by atoms with van der Waals surface area (Å²) in [5.41, 5.74) is 0. The minimum absolute atomic E-state index is 0.826. The monoisotopic (exact) mass is 260 g/mol. The fourth-order valence-electron chi connectivity index (χ4n) is 2.23. The second-order valence-corrected chi connectivity index (χ2v) is 6.07. The lowest BCUT2D eigenvalue weighted by atomic mass is 9.97. The fourth-order valence-corrected chi connectivity index (χ4v) is 2.91. The number of hydrogen-bond donors (Lipinski definition) is 1. The second-order valence-electron chi connectivity index (χ2n) is 4.68. The van der Waals surface area contributed by atoms with Crippen LogP contribution in [-0.2, 0) is 4.74 Å². The van der Waals surface area contributed by atoms with Crippen LogP contribution in [0.25, 0.3) is 0 Å². The number of nitrogens with one attached hydrogen (secondary N) is 1. The zero-order valence-corrected chi connectivity index (χ0v) is 12.2. The van der Waals surface area contributed by atoms with Gasteiger partial charge >= 0.3 is 0 Å². The van der Waals surface area contributed by atoms with Crippen molar-refractivity contribution in [2.75, 3.05) is 57.9 Å². The molecular formula is C13H28N2OS. The van der Waals surface area contributed by atoms with Crippen molar-refractivity contribution in [3.05, 3.63) is 0 Å². The number of rotatable bonds is 9. The first-order valence-corrected chi connectivity index (χ1v) is 8.02. The van der Waals surface area contributed by atoms with Crippen molar-refractivity contribution in [3.8, 4) is 0 Å². The van der Waals surface area contributed by atoms with E-state index in [0.29, 0.717) is 0 Å². The van der Waals surface area contributed by atoms with Gasteiger partial charge in [-0.25, -0.2) is 0 Å². The predicted octanol–water partition coefficient (Wildman–Crippen LogP) is 1.69. The molecular weight excluding hydrogens is 232 g/mol. The van der Waals surface area contributed by atoms with Gasteiger partial charge in [0.1, 0.15) is 0 Å². The SMILES string of the molecule is CCSCCN1CCC(CNCCOC)CC1. The quantitative estimate of drug-likeness (QED) is 0.638. The van der Waals surface area contributed by atoms with Crippen LogP contribution in [0.3, 0.4) is 0 Å². The summed E-state index contributed by atoms with van der Waals surface area (Å²) in [5, 5.41) is 3.48. The van der Waals surface area contributed by atoms with E-state index < -0.39 is 0 Å². The van der Waals surface area contributed by atoms with E-state index in [1.54, 1.807) is 7.11 Å². The smallest absolute Gasteiger partial charge is 0.0587 e. The van der Waals surface area contributed by atoms with Gasteiger partial charge in [0.05, 0.1) is 6.61 Å². The predicted molar refractivity (Wildman–Crippen MR) is 76.9 cm³/mol. The molecule has 4 heteroatoms.